The predicted molar refractivity (Wildman–Crippen MR) is 101 cm³/mol. The molecule has 0 aromatic carbocycles. The molecule has 0 amide bonds. The molecule has 24 heavy (non-hydrogen) atoms. The van der Waals surface area contributed by atoms with Crippen molar-refractivity contribution < 1.29 is 17.4 Å². The van der Waals surface area contributed by atoms with Gasteiger partial charge in [-0.1, -0.05) is 90.9 Å². The van der Waals surface area contributed by atoms with Gasteiger partial charge in [-0.2, -0.15) is 8.42 Å². The highest BCUT2D eigenvalue weighted by molar-refractivity contribution is 7.87. The van der Waals surface area contributed by atoms with Crippen LogP contribution < -0.4 is 0 Å². The van der Waals surface area contributed by atoms with Crippen molar-refractivity contribution in [3.63, 3.8) is 0 Å². The van der Waals surface area contributed by atoms with Gasteiger partial charge in [0, 0.05) is 0 Å². The highest BCUT2D eigenvalue weighted by atomic mass is 32.2. The Hall–Kier alpha value is -0.160. The van der Waals surface area contributed by atoms with E-state index in [1.807, 2.05) is 6.92 Å². The standard InChI is InChI=1S/C19H39FO3S/c1-3-5-7-8-9-10-11-12-13-14-16-18-19(20,24(21,22)23)17-15-6-4-2/h3-18H2,1-2H3,(H,21,22,23). The Bertz CT molecular complexity index is 384. The van der Waals surface area contributed by atoms with Gasteiger partial charge in [-0.05, 0) is 25.7 Å². The summed E-state index contributed by atoms with van der Waals surface area (Å²) in [6.45, 7) is 4.20. The summed E-state index contributed by atoms with van der Waals surface area (Å²) >= 11 is 0. The van der Waals surface area contributed by atoms with E-state index in [0.29, 0.717) is 12.8 Å². The molecule has 0 rings (SSSR count). The first-order valence-electron chi connectivity index (χ1n) is 10.0. The molecule has 0 aromatic rings. The molecule has 0 bridgehead atoms. The molecule has 0 heterocycles. The Morgan fingerprint density at radius 2 is 0.958 bits per heavy atom. The van der Waals surface area contributed by atoms with Crippen LogP contribution in [0.2, 0.25) is 0 Å². The zero-order valence-electron chi connectivity index (χ0n) is 15.9. The van der Waals surface area contributed by atoms with Gasteiger partial charge in [0.1, 0.15) is 0 Å². The molecular weight excluding hydrogens is 327 g/mol. The van der Waals surface area contributed by atoms with Crippen molar-refractivity contribution in [2.24, 2.45) is 0 Å². The molecule has 146 valence electrons. The SMILES string of the molecule is CCCCCCCCCCCCCC(F)(CCCCC)S(=O)(=O)O. The van der Waals surface area contributed by atoms with E-state index in [0.717, 1.165) is 32.1 Å². The molecule has 0 radical (unpaired) electrons. The fourth-order valence-electron chi connectivity index (χ4n) is 3.08. The molecule has 0 aromatic heterocycles. The van der Waals surface area contributed by atoms with Gasteiger partial charge in [-0.3, -0.25) is 4.55 Å². The lowest BCUT2D eigenvalue weighted by atomic mass is 10.0. The minimum Gasteiger partial charge on any atom is -0.283 e. The van der Waals surface area contributed by atoms with E-state index < -0.39 is 15.1 Å². The minimum absolute atomic E-state index is 0.0768. The fourth-order valence-corrected chi connectivity index (χ4v) is 3.88. The number of rotatable bonds is 17. The summed E-state index contributed by atoms with van der Waals surface area (Å²) in [5, 5.41) is -2.44. The highest BCUT2D eigenvalue weighted by Gasteiger charge is 2.41. The summed E-state index contributed by atoms with van der Waals surface area (Å²) < 4.78 is 46.4. The van der Waals surface area contributed by atoms with Crippen molar-refractivity contribution >= 4 is 10.1 Å². The third kappa shape index (κ3) is 11.4. The monoisotopic (exact) mass is 366 g/mol. The molecule has 0 saturated carbocycles. The van der Waals surface area contributed by atoms with Crippen molar-refractivity contribution in [3.8, 4) is 0 Å². The second-order valence-corrected chi connectivity index (χ2v) is 8.78. The molecule has 1 atom stereocenters. The molecule has 0 fully saturated rings. The first kappa shape index (κ1) is 23.8. The van der Waals surface area contributed by atoms with E-state index in [1.54, 1.807) is 0 Å². The summed E-state index contributed by atoms with van der Waals surface area (Å²) in [6, 6.07) is 0. The number of hydrogen-bond donors (Lipinski definition) is 1. The van der Waals surface area contributed by atoms with Crippen LogP contribution in [0.4, 0.5) is 4.39 Å². The second-order valence-electron chi connectivity index (χ2n) is 7.10. The van der Waals surface area contributed by atoms with Crippen molar-refractivity contribution in [2.75, 3.05) is 0 Å². The first-order valence-corrected chi connectivity index (χ1v) is 11.5. The summed E-state index contributed by atoms with van der Waals surface area (Å²) in [6.07, 6.45) is 14.6. The Morgan fingerprint density at radius 3 is 1.33 bits per heavy atom. The van der Waals surface area contributed by atoms with Gasteiger partial charge < -0.3 is 0 Å². The Morgan fingerprint density at radius 1 is 0.667 bits per heavy atom. The summed E-state index contributed by atoms with van der Waals surface area (Å²) in [5.41, 5.74) is 0. The topological polar surface area (TPSA) is 54.4 Å². The van der Waals surface area contributed by atoms with Gasteiger partial charge in [-0.25, -0.2) is 4.39 Å². The van der Waals surface area contributed by atoms with Gasteiger partial charge in [0.05, 0.1) is 0 Å². The van der Waals surface area contributed by atoms with Gasteiger partial charge in [0.2, 0.25) is 5.00 Å². The third-order valence-corrected chi connectivity index (χ3v) is 6.10. The van der Waals surface area contributed by atoms with Crippen LogP contribution in [0.5, 0.6) is 0 Å². The lowest BCUT2D eigenvalue weighted by Crippen LogP contribution is -2.33. The molecule has 0 aliphatic rings. The number of hydrogen-bond acceptors (Lipinski definition) is 2. The average Bonchev–Trinajstić information content (AvgIpc) is 2.52. The smallest absolute Gasteiger partial charge is 0.283 e. The lowest BCUT2D eigenvalue weighted by Gasteiger charge is -2.22. The molecule has 3 nitrogen and oxygen atoms in total. The maximum Gasteiger partial charge on any atom is 0.300 e. The van der Waals surface area contributed by atoms with Crippen LogP contribution in [-0.2, 0) is 10.1 Å². The fraction of sp³-hybridized carbons (Fsp3) is 1.00. The Labute approximate surface area is 149 Å². The molecular formula is C19H39FO3S. The molecule has 0 aliphatic heterocycles. The number of alkyl halides is 1. The van der Waals surface area contributed by atoms with E-state index in [1.165, 1.54) is 44.9 Å². The highest BCUT2D eigenvalue weighted by Crippen LogP contribution is 2.32. The van der Waals surface area contributed by atoms with Crippen LogP contribution in [0.15, 0.2) is 0 Å². The summed E-state index contributed by atoms with van der Waals surface area (Å²) in [5.74, 6) is 0. The molecule has 1 unspecified atom stereocenters. The van der Waals surface area contributed by atoms with Gasteiger partial charge in [-0.15, -0.1) is 0 Å². The van der Waals surface area contributed by atoms with Crippen molar-refractivity contribution in [3.05, 3.63) is 0 Å². The van der Waals surface area contributed by atoms with Gasteiger partial charge in [0.15, 0.2) is 0 Å². The van der Waals surface area contributed by atoms with E-state index in [2.05, 4.69) is 6.92 Å². The normalized spacial score (nSPS) is 14.7. The molecule has 0 saturated heterocycles. The van der Waals surface area contributed by atoms with Gasteiger partial charge >= 0.3 is 0 Å². The summed E-state index contributed by atoms with van der Waals surface area (Å²) in [7, 11) is -4.62. The van der Waals surface area contributed by atoms with E-state index in [-0.39, 0.29) is 12.8 Å². The van der Waals surface area contributed by atoms with Crippen molar-refractivity contribution in [1.29, 1.82) is 0 Å². The molecule has 0 spiro atoms. The Kier molecular flexibility index (Phi) is 14.0. The summed E-state index contributed by atoms with van der Waals surface area (Å²) in [4.78, 5) is 0. The molecule has 1 N–H and O–H groups in total. The largest absolute Gasteiger partial charge is 0.300 e. The van der Waals surface area contributed by atoms with Crippen molar-refractivity contribution in [1.82, 2.24) is 0 Å². The molecule has 5 heteroatoms. The second kappa shape index (κ2) is 14.1. The number of unbranched alkanes of at least 4 members (excludes halogenated alkanes) is 12. The quantitative estimate of drug-likeness (QED) is 0.227. The average molecular weight is 367 g/mol. The predicted octanol–water partition coefficient (Wildman–Crippen LogP) is 6.82. The van der Waals surface area contributed by atoms with Crippen LogP contribution in [0.1, 0.15) is 117 Å². The zero-order chi connectivity index (χ0) is 18.3. The van der Waals surface area contributed by atoms with Crippen molar-refractivity contribution in [2.45, 2.75) is 122 Å². The molecule has 0 aliphatic carbocycles. The lowest BCUT2D eigenvalue weighted by molar-refractivity contribution is 0.203. The van der Waals surface area contributed by atoms with Crippen LogP contribution in [-0.4, -0.2) is 18.0 Å². The Balaban J connectivity index is 3.77. The maximum atomic E-state index is 14.6. The maximum absolute atomic E-state index is 14.6. The zero-order valence-corrected chi connectivity index (χ0v) is 16.7. The van der Waals surface area contributed by atoms with Crippen LogP contribution >= 0.6 is 0 Å². The first-order chi connectivity index (χ1) is 11.4. The van der Waals surface area contributed by atoms with Crippen LogP contribution in [0.3, 0.4) is 0 Å². The van der Waals surface area contributed by atoms with Crippen LogP contribution in [0.25, 0.3) is 0 Å². The van der Waals surface area contributed by atoms with E-state index in [9.17, 15) is 17.4 Å². The van der Waals surface area contributed by atoms with E-state index >= 15 is 0 Å². The van der Waals surface area contributed by atoms with Gasteiger partial charge in [0.25, 0.3) is 10.1 Å². The number of halogens is 1. The minimum atomic E-state index is -4.62. The third-order valence-electron chi connectivity index (χ3n) is 4.77. The van der Waals surface area contributed by atoms with Crippen LogP contribution in [0, 0.1) is 0 Å². The van der Waals surface area contributed by atoms with E-state index in [4.69, 9.17) is 0 Å².